The van der Waals surface area contributed by atoms with Crippen molar-refractivity contribution in [1.82, 2.24) is 0 Å². The summed E-state index contributed by atoms with van der Waals surface area (Å²) in [6.45, 7) is -0.549. The number of ether oxygens (including phenoxy) is 1. The van der Waals surface area contributed by atoms with Gasteiger partial charge in [-0.3, -0.25) is 9.59 Å². The van der Waals surface area contributed by atoms with Gasteiger partial charge in [0.25, 0.3) is 5.91 Å². The second-order valence-electron chi connectivity index (χ2n) is 7.04. The number of amides is 1. The first-order valence-corrected chi connectivity index (χ1v) is 8.92. The molecule has 0 aromatic heterocycles. The van der Waals surface area contributed by atoms with Gasteiger partial charge in [0.15, 0.2) is 6.61 Å². The predicted octanol–water partition coefficient (Wildman–Crippen LogP) is 4.67. The third kappa shape index (κ3) is 4.50. The average Bonchev–Trinajstić information content (AvgIpc) is 3.17. The fourth-order valence-electron chi connectivity index (χ4n) is 4.03. The lowest BCUT2D eigenvalue weighted by molar-refractivity contribution is -0.148. The Balaban J connectivity index is 1.49. The monoisotopic (exact) mass is 389 g/mol. The third-order valence-corrected chi connectivity index (χ3v) is 5.58. The van der Waals surface area contributed by atoms with Gasteiger partial charge >= 0.3 is 12.1 Å². The summed E-state index contributed by atoms with van der Waals surface area (Å²) in [7, 11) is 0. The highest BCUT2D eigenvalue weighted by Gasteiger charge is 2.40. The summed E-state index contributed by atoms with van der Waals surface area (Å²) in [5.41, 5.74) is -1.10. The van der Waals surface area contributed by atoms with E-state index in [-0.39, 0.29) is 10.7 Å². The highest BCUT2D eigenvalue weighted by molar-refractivity contribution is 6.33. The SMILES string of the molecule is O=C(COC(=O)C[C@H]1C[C@@H]2CC[C@H]1C2)Nc1cc(C(F)(F)F)ccc1Cl. The maximum absolute atomic E-state index is 12.7. The van der Waals surface area contributed by atoms with Gasteiger partial charge in [-0.1, -0.05) is 18.0 Å². The minimum absolute atomic E-state index is 0.0281. The Bertz CT molecular complexity index is 707. The molecule has 2 saturated carbocycles. The van der Waals surface area contributed by atoms with Crippen LogP contribution in [0.1, 0.15) is 37.7 Å². The van der Waals surface area contributed by atoms with Gasteiger partial charge in [0.2, 0.25) is 0 Å². The number of hydrogen-bond donors (Lipinski definition) is 1. The van der Waals surface area contributed by atoms with Gasteiger partial charge in [0, 0.05) is 6.42 Å². The van der Waals surface area contributed by atoms with Crippen LogP contribution in [0.2, 0.25) is 5.02 Å². The highest BCUT2D eigenvalue weighted by atomic mass is 35.5. The lowest BCUT2D eigenvalue weighted by Crippen LogP contribution is -2.23. The van der Waals surface area contributed by atoms with Crippen molar-refractivity contribution < 1.29 is 27.5 Å². The molecule has 1 amide bonds. The minimum Gasteiger partial charge on any atom is -0.456 e. The molecule has 2 aliphatic rings. The first kappa shape index (κ1) is 19.0. The number of carbonyl (C=O) groups is 2. The van der Waals surface area contributed by atoms with Crippen LogP contribution in [0.25, 0.3) is 0 Å². The van der Waals surface area contributed by atoms with Gasteiger partial charge < -0.3 is 10.1 Å². The number of benzene rings is 1. The fraction of sp³-hybridized carbons (Fsp3) is 0.556. The Morgan fingerprint density at radius 1 is 1.23 bits per heavy atom. The molecule has 26 heavy (non-hydrogen) atoms. The zero-order valence-corrected chi connectivity index (χ0v) is 14.7. The number of carbonyl (C=O) groups excluding carboxylic acids is 2. The van der Waals surface area contributed by atoms with Crippen molar-refractivity contribution in [3.8, 4) is 0 Å². The van der Waals surface area contributed by atoms with E-state index < -0.39 is 30.2 Å². The largest absolute Gasteiger partial charge is 0.456 e. The number of fused-ring (bicyclic) bond motifs is 2. The van der Waals surface area contributed by atoms with Crippen molar-refractivity contribution in [2.75, 3.05) is 11.9 Å². The molecule has 1 aromatic carbocycles. The summed E-state index contributed by atoms with van der Waals surface area (Å²) in [4.78, 5) is 23.8. The van der Waals surface area contributed by atoms with Crippen molar-refractivity contribution in [1.29, 1.82) is 0 Å². The Morgan fingerprint density at radius 2 is 2.00 bits per heavy atom. The van der Waals surface area contributed by atoms with E-state index in [9.17, 15) is 22.8 Å². The average molecular weight is 390 g/mol. The van der Waals surface area contributed by atoms with E-state index in [2.05, 4.69) is 5.32 Å². The maximum Gasteiger partial charge on any atom is 0.416 e. The van der Waals surface area contributed by atoms with Gasteiger partial charge in [-0.05, 0) is 55.2 Å². The molecule has 0 saturated heterocycles. The lowest BCUT2D eigenvalue weighted by Gasteiger charge is -2.20. The van der Waals surface area contributed by atoms with E-state index >= 15 is 0 Å². The van der Waals surface area contributed by atoms with Gasteiger partial charge in [-0.15, -0.1) is 0 Å². The number of hydrogen-bond acceptors (Lipinski definition) is 3. The molecule has 4 nitrogen and oxygen atoms in total. The molecular weight excluding hydrogens is 371 g/mol. The van der Waals surface area contributed by atoms with Crippen molar-refractivity contribution in [3.63, 3.8) is 0 Å². The normalized spacial score (nSPS) is 24.5. The number of rotatable bonds is 5. The fourth-order valence-corrected chi connectivity index (χ4v) is 4.19. The highest BCUT2D eigenvalue weighted by Crippen LogP contribution is 2.49. The Morgan fingerprint density at radius 3 is 2.62 bits per heavy atom. The van der Waals surface area contributed by atoms with Crippen LogP contribution in [0.4, 0.5) is 18.9 Å². The molecule has 0 aliphatic heterocycles. The van der Waals surface area contributed by atoms with Crippen molar-refractivity contribution >= 4 is 29.2 Å². The van der Waals surface area contributed by atoms with Crippen molar-refractivity contribution in [3.05, 3.63) is 28.8 Å². The lowest BCUT2D eigenvalue weighted by atomic mass is 9.86. The molecule has 0 heterocycles. The van der Waals surface area contributed by atoms with E-state index in [4.69, 9.17) is 16.3 Å². The summed E-state index contributed by atoms with van der Waals surface area (Å²) in [6, 6.07) is 2.63. The molecule has 8 heteroatoms. The molecule has 1 N–H and O–H groups in total. The summed E-state index contributed by atoms with van der Waals surface area (Å²) >= 11 is 5.81. The van der Waals surface area contributed by atoms with Gasteiger partial charge in [-0.2, -0.15) is 13.2 Å². The zero-order chi connectivity index (χ0) is 18.9. The first-order chi connectivity index (χ1) is 12.2. The Labute approximate surface area is 154 Å². The maximum atomic E-state index is 12.7. The van der Waals surface area contributed by atoms with Crippen LogP contribution in [-0.4, -0.2) is 18.5 Å². The van der Waals surface area contributed by atoms with Crippen LogP contribution in [0.15, 0.2) is 18.2 Å². The predicted molar refractivity (Wildman–Crippen MR) is 89.6 cm³/mol. The molecular formula is C18H19ClF3NO3. The topological polar surface area (TPSA) is 55.4 Å². The van der Waals surface area contributed by atoms with Gasteiger partial charge in [0.1, 0.15) is 0 Å². The molecule has 2 bridgehead atoms. The summed E-state index contributed by atoms with van der Waals surface area (Å²) in [5.74, 6) is 0.428. The molecule has 0 radical (unpaired) electrons. The second-order valence-corrected chi connectivity index (χ2v) is 7.45. The number of alkyl halides is 3. The van der Waals surface area contributed by atoms with Gasteiger partial charge in [-0.25, -0.2) is 0 Å². The third-order valence-electron chi connectivity index (χ3n) is 5.25. The number of esters is 1. The van der Waals surface area contributed by atoms with Crippen LogP contribution >= 0.6 is 11.6 Å². The van der Waals surface area contributed by atoms with Gasteiger partial charge in [0.05, 0.1) is 16.3 Å². The summed E-state index contributed by atoms with van der Waals surface area (Å²) < 4.78 is 43.1. The smallest absolute Gasteiger partial charge is 0.416 e. The zero-order valence-electron chi connectivity index (χ0n) is 13.9. The van der Waals surface area contributed by atoms with E-state index in [1.165, 1.54) is 12.8 Å². The first-order valence-electron chi connectivity index (χ1n) is 8.54. The Hall–Kier alpha value is -1.76. The number of anilines is 1. The molecule has 0 spiro atoms. The van der Waals surface area contributed by atoms with Crippen LogP contribution in [0.5, 0.6) is 0 Å². The molecule has 1 aromatic rings. The number of halogens is 4. The quantitative estimate of drug-likeness (QED) is 0.745. The molecule has 142 valence electrons. The minimum atomic E-state index is -4.54. The van der Waals surface area contributed by atoms with Crippen molar-refractivity contribution in [2.45, 2.75) is 38.3 Å². The van der Waals surface area contributed by atoms with E-state index in [1.807, 2.05) is 0 Å². The molecule has 3 atom stereocenters. The molecule has 2 aliphatic carbocycles. The van der Waals surface area contributed by atoms with Crippen LogP contribution < -0.4 is 5.32 Å². The van der Waals surface area contributed by atoms with E-state index in [0.29, 0.717) is 24.2 Å². The van der Waals surface area contributed by atoms with Crippen LogP contribution in [0.3, 0.4) is 0 Å². The van der Waals surface area contributed by atoms with Crippen LogP contribution in [0, 0.1) is 17.8 Å². The summed E-state index contributed by atoms with van der Waals surface area (Å²) in [5, 5.41) is 2.22. The standard InChI is InChI=1S/C18H19ClF3NO3/c19-14-4-3-13(18(20,21)22)8-15(14)23-16(24)9-26-17(25)7-12-6-10-1-2-11(12)5-10/h3-4,8,10-12H,1-2,5-7,9H2,(H,23,24)/t10-,11+,12-/m1/s1. The Kier molecular flexibility index (Phi) is 5.46. The van der Waals surface area contributed by atoms with E-state index in [0.717, 1.165) is 31.0 Å². The number of nitrogens with one attached hydrogen (secondary N) is 1. The van der Waals surface area contributed by atoms with Crippen LogP contribution in [-0.2, 0) is 20.5 Å². The van der Waals surface area contributed by atoms with E-state index in [1.54, 1.807) is 0 Å². The second kappa shape index (κ2) is 7.47. The van der Waals surface area contributed by atoms with Crippen molar-refractivity contribution in [2.24, 2.45) is 17.8 Å². The molecule has 0 unspecified atom stereocenters. The summed E-state index contributed by atoms with van der Waals surface area (Å²) in [6.07, 6.45) is 0.335. The molecule has 2 fully saturated rings. The molecule has 3 rings (SSSR count).